The fraction of sp³-hybridized carbons (Fsp3) is 0.368. The number of ether oxygens (including phenoxy) is 2. The molecule has 24 heavy (non-hydrogen) atoms. The zero-order chi connectivity index (χ0) is 17.4. The van der Waals surface area contributed by atoms with Crippen LogP contribution in [0.1, 0.15) is 30.9 Å². The van der Waals surface area contributed by atoms with Crippen molar-refractivity contribution in [3.8, 4) is 11.5 Å². The molecule has 130 valence electrons. The third kappa shape index (κ3) is 5.69. The van der Waals surface area contributed by atoms with Gasteiger partial charge in [-0.05, 0) is 64.3 Å². The van der Waals surface area contributed by atoms with E-state index in [0.29, 0.717) is 17.4 Å². The minimum absolute atomic E-state index is 0.434. The largest absolute Gasteiger partial charge is 0.493 e. The van der Waals surface area contributed by atoms with Crippen molar-refractivity contribution >= 4 is 27.5 Å². The molecule has 0 spiro atoms. The molecular formula is C19H23BrClNO2. The van der Waals surface area contributed by atoms with Crippen LogP contribution in [-0.2, 0) is 13.2 Å². The summed E-state index contributed by atoms with van der Waals surface area (Å²) in [6, 6.07) is 11.7. The monoisotopic (exact) mass is 411 g/mol. The number of hydrogen-bond donors (Lipinski definition) is 1. The molecule has 2 rings (SSSR count). The highest BCUT2D eigenvalue weighted by atomic mass is 79.9. The SMILES string of the molecule is CCCCNCc1cc(Br)c(OCc2cccc(Cl)c2)c(OC)c1. The highest BCUT2D eigenvalue weighted by Crippen LogP contribution is 2.37. The van der Waals surface area contributed by atoms with Crippen molar-refractivity contribution in [2.45, 2.75) is 32.9 Å². The van der Waals surface area contributed by atoms with Gasteiger partial charge in [-0.1, -0.05) is 37.1 Å². The third-order valence-corrected chi connectivity index (χ3v) is 4.42. The Labute approximate surface area is 157 Å². The van der Waals surface area contributed by atoms with E-state index < -0.39 is 0 Å². The lowest BCUT2D eigenvalue weighted by atomic mass is 10.2. The van der Waals surface area contributed by atoms with E-state index in [4.69, 9.17) is 21.1 Å². The first kappa shape index (κ1) is 19.1. The number of nitrogens with one attached hydrogen (secondary N) is 1. The summed E-state index contributed by atoms with van der Waals surface area (Å²) in [5.74, 6) is 1.42. The van der Waals surface area contributed by atoms with Crippen molar-refractivity contribution in [1.29, 1.82) is 0 Å². The van der Waals surface area contributed by atoms with E-state index in [0.717, 1.165) is 34.4 Å². The second-order valence-corrected chi connectivity index (χ2v) is 6.85. The average molecular weight is 413 g/mol. The summed E-state index contributed by atoms with van der Waals surface area (Å²) in [6.07, 6.45) is 2.37. The molecule has 0 radical (unpaired) electrons. The topological polar surface area (TPSA) is 30.5 Å². The smallest absolute Gasteiger partial charge is 0.175 e. The zero-order valence-corrected chi connectivity index (χ0v) is 16.4. The van der Waals surface area contributed by atoms with E-state index in [9.17, 15) is 0 Å². The molecule has 0 saturated heterocycles. The fourth-order valence-electron chi connectivity index (χ4n) is 2.33. The molecule has 0 unspecified atom stereocenters. The number of methoxy groups -OCH3 is 1. The molecule has 0 fully saturated rings. The van der Waals surface area contributed by atoms with E-state index in [1.807, 2.05) is 30.3 Å². The summed E-state index contributed by atoms with van der Waals surface area (Å²) < 4.78 is 12.3. The molecule has 3 nitrogen and oxygen atoms in total. The Morgan fingerprint density at radius 1 is 1.17 bits per heavy atom. The van der Waals surface area contributed by atoms with Gasteiger partial charge in [-0.15, -0.1) is 0 Å². The van der Waals surface area contributed by atoms with Crippen molar-refractivity contribution in [3.63, 3.8) is 0 Å². The first-order chi connectivity index (χ1) is 11.6. The highest BCUT2D eigenvalue weighted by Gasteiger charge is 2.12. The molecule has 0 atom stereocenters. The summed E-state index contributed by atoms with van der Waals surface area (Å²) in [4.78, 5) is 0. The number of halogens is 2. The Morgan fingerprint density at radius 2 is 2.00 bits per heavy atom. The molecule has 0 amide bonds. The van der Waals surface area contributed by atoms with E-state index in [2.05, 4.69) is 34.2 Å². The van der Waals surface area contributed by atoms with Crippen LogP contribution in [-0.4, -0.2) is 13.7 Å². The molecule has 5 heteroatoms. The lowest BCUT2D eigenvalue weighted by molar-refractivity contribution is 0.282. The Hall–Kier alpha value is -1.23. The van der Waals surface area contributed by atoms with Crippen LogP contribution in [0, 0.1) is 0 Å². The van der Waals surface area contributed by atoms with Gasteiger partial charge in [0.05, 0.1) is 11.6 Å². The lowest BCUT2D eigenvalue weighted by Gasteiger charge is -2.15. The molecule has 2 aromatic rings. The third-order valence-electron chi connectivity index (χ3n) is 3.60. The van der Waals surface area contributed by atoms with Crippen LogP contribution in [0.2, 0.25) is 5.02 Å². The minimum Gasteiger partial charge on any atom is -0.493 e. The van der Waals surface area contributed by atoms with Crippen molar-refractivity contribution in [2.75, 3.05) is 13.7 Å². The molecular weight excluding hydrogens is 390 g/mol. The highest BCUT2D eigenvalue weighted by molar-refractivity contribution is 9.10. The van der Waals surface area contributed by atoms with Crippen LogP contribution in [0.25, 0.3) is 0 Å². The van der Waals surface area contributed by atoms with E-state index in [1.54, 1.807) is 7.11 Å². The number of unbranched alkanes of at least 4 members (excludes halogenated alkanes) is 1. The first-order valence-electron chi connectivity index (χ1n) is 8.08. The van der Waals surface area contributed by atoms with Gasteiger partial charge in [0.2, 0.25) is 0 Å². The van der Waals surface area contributed by atoms with Gasteiger partial charge in [-0.25, -0.2) is 0 Å². The summed E-state index contributed by atoms with van der Waals surface area (Å²) in [7, 11) is 1.66. The van der Waals surface area contributed by atoms with Crippen molar-refractivity contribution in [1.82, 2.24) is 5.32 Å². The molecule has 2 aromatic carbocycles. The summed E-state index contributed by atoms with van der Waals surface area (Å²) in [6.45, 7) is 4.45. The quantitative estimate of drug-likeness (QED) is 0.545. The predicted molar refractivity (Wildman–Crippen MR) is 103 cm³/mol. The Balaban J connectivity index is 2.06. The molecule has 0 saturated carbocycles. The molecule has 0 aromatic heterocycles. The summed E-state index contributed by atoms with van der Waals surface area (Å²) in [5.41, 5.74) is 2.17. The number of hydrogen-bond acceptors (Lipinski definition) is 3. The minimum atomic E-state index is 0.434. The molecule has 0 aliphatic heterocycles. The second kappa shape index (κ2) is 9.92. The maximum absolute atomic E-state index is 6.01. The first-order valence-corrected chi connectivity index (χ1v) is 9.25. The predicted octanol–water partition coefficient (Wildman–Crippen LogP) is 5.58. The van der Waals surface area contributed by atoms with E-state index >= 15 is 0 Å². The van der Waals surface area contributed by atoms with Gasteiger partial charge in [0.15, 0.2) is 11.5 Å². The van der Waals surface area contributed by atoms with Crippen LogP contribution in [0.15, 0.2) is 40.9 Å². The van der Waals surface area contributed by atoms with Gasteiger partial charge in [-0.3, -0.25) is 0 Å². The van der Waals surface area contributed by atoms with Crippen LogP contribution in [0.4, 0.5) is 0 Å². The van der Waals surface area contributed by atoms with Crippen molar-refractivity contribution in [2.24, 2.45) is 0 Å². The Kier molecular flexibility index (Phi) is 7.89. The number of benzene rings is 2. The molecule has 0 aliphatic carbocycles. The fourth-order valence-corrected chi connectivity index (χ4v) is 3.15. The molecule has 0 bridgehead atoms. The van der Waals surface area contributed by atoms with Gasteiger partial charge in [0, 0.05) is 11.6 Å². The van der Waals surface area contributed by atoms with Gasteiger partial charge < -0.3 is 14.8 Å². The van der Waals surface area contributed by atoms with Crippen LogP contribution in [0.3, 0.4) is 0 Å². The van der Waals surface area contributed by atoms with Crippen molar-refractivity contribution in [3.05, 3.63) is 57.0 Å². The molecule has 0 aliphatic rings. The van der Waals surface area contributed by atoms with E-state index in [1.165, 1.54) is 12.8 Å². The average Bonchev–Trinajstić information content (AvgIpc) is 2.57. The maximum Gasteiger partial charge on any atom is 0.175 e. The lowest BCUT2D eigenvalue weighted by Crippen LogP contribution is -2.14. The van der Waals surface area contributed by atoms with Gasteiger partial charge in [-0.2, -0.15) is 0 Å². The maximum atomic E-state index is 6.01. The summed E-state index contributed by atoms with van der Waals surface area (Å²) >= 11 is 9.60. The zero-order valence-electron chi connectivity index (χ0n) is 14.1. The number of rotatable bonds is 9. The van der Waals surface area contributed by atoms with Gasteiger partial charge in [0.25, 0.3) is 0 Å². The Bertz CT molecular complexity index is 664. The normalized spacial score (nSPS) is 10.7. The second-order valence-electron chi connectivity index (χ2n) is 5.56. The molecule has 1 N–H and O–H groups in total. The van der Waals surface area contributed by atoms with E-state index in [-0.39, 0.29) is 0 Å². The van der Waals surface area contributed by atoms with Gasteiger partial charge >= 0.3 is 0 Å². The summed E-state index contributed by atoms with van der Waals surface area (Å²) in [5, 5.41) is 4.14. The van der Waals surface area contributed by atoms with Crippen molar-refractivity contribution < 1.29 is 9.47 Å². The standard InChI is InChI=1S/C19H23BrClNO2/c1-3-4-8-22-12-15-10-17(20)19(18(11-15)23-2)24-13-14-6-5-7-16(21)9-14/h5-7,9-11,22H,3-4,8,12-13H2,1-2H3. The Morgan fingerprint density at radius 3 is 2.71 bits per heavy atom. The molecule has 0 heterocycles. The van der Waals surface area contributed by atoms with Gasteiger partial charge in [0.1, 0.15) is 6.61 Å². The van der Waals surface area contributed by atoms with Crippen LogP contribution < -0.4 is 14.8 Å². The van der Waals surface area contributed by atoms with Crippen LogP contribution >= 0.6 is 27.5 Å². The van der Waals surface area contributed by atoms with Crippen LogP contribution in [0.5, 0.6) is 11.5 Å².